The third-order valence-electron chi connectivity index (χ3n) is 10.3. The van der Waals surface area contributed by atoms with E-state index < -0.39 is 0 Å². The number of benzene rings is 7. The van der Waals surface area contributed by atoms with Gasteiger partial charge in [-0.05, 0) is 36.8 Å². The zero-order valence-corrected chi connectivity index (χ0v) is 31.2. The van der Waals surface area contributed by atoms with Crippen molar-refractivity contribution in [1.82, 2.24) is 34.5 Å². The number of hydrogen-bond acceptors (Lipinski definition) is 6. The first-order valence-electron chi connectivity index (χ1n) is 19.1. The maximum absolute atomic E-state index is 5.15. The fraction of sp³-hybridized carbons (Fsp3) is 0.0400. The molecule has 0 aliphatic carbocycles. The molecule has 0 aliphatic rings. The van der Waals surface area contributed by atoms with Crippen molar-refractivity contribution in [3.05, 3.63) is 182 Å². The second-order valence-electron chi connectivity index (χ2n) is 13.8. The molecule has 0 saturated carbocycles. The Hall–Kier alpha value is -7.64. The summed E-state index contributed by atoms with van der Waals surface area (Å²) in [5.74, 6) is 3.48. The highest BCUT2D eigenvalue weighted by Gasteiger charge is 2.20. The van der Waals surface area contributed by atoms with E-state index in [0.29, 0.717) is 34.9 Å². The summed E-state index contributed by atoms with van der Waals surface area (Å²) in [6.07, 6.45) is 0. The lowest BCUT2D eigenvalue weighted by molar-refractivity contribution is 0.828. The van der Waals surface area contributed by atoms with Crippen LogP contribution in [0.2, 0.25) is 0 Å². The van der Waals surface area contributed by atoms with Gasteiger partial charge >= 0.3 is 0 Å². The second-order valence-corrected chi connectivity index (χ2v) is 13.8. The number of hydrogen-bond donors (Lipinski definition) is 0. The van der Waals surface area contributed by atoms with Crippen LogP contribution < -0.4 is 0 Å². The third kappa shape index (κ3) is 6.41. The molecule has 270 valence electrons. The van der Waals surface area contributed by atoms with E-state index >= 15 is 0 Å². The van der Waals surface area contributed by atoms with Crippen LogP contribution in [0, 0.1) is 0 Å². The van der Waals surface area contributed by atoms with Gasteiger partial charge in [0.25, 0.3) is 0 Å². The molecule has 0 aliphatic heterocycles. The Bertz CT molecular complexity index is 2780. The van der Waals surface area contributed by atoms with Gasteiger partial charge in [-0.25, -0.2) is 29.9 Å². The van der Waals surface area contributed by atoms with Crippen LogP contribution in [-0.2, 0) is 6.54 Å². The quantitative estimate of drug-likeness (QED) is 0.155. The molecular weight excluding hydrogens is 699 g/mol. The fourth-order valence-corrected chi connectivity index (χ4v) is 7.59. The summed E-state index contributed by atoms with van der Waals surface area (Å²) in [5.41, 5.74) is 9.72. The molecule has 0 atom stereocenters. The van der Waals surface area contributed by atoms with Crippen molar-refractivity contribution in [2.75, 3.05) is 0 Å². The molecule has 7 heteroatoms. The standard InChI is InChI=1S/C50H35N7/c1-2-57-43-29-16-15-26-41(43)42-28-17-27-40(44(42)57)37-30-38(49-53-45(33-18-7-3-8-19-33)51-46(54-49)34-20-9-4-10-21-34)32-39(31-37)50-55-47(35-22-11-5-12-23-35)52-48(56-50)36-24-13-6-14-25-36/h3-32H,2H2,1H3. The van der Waals surface area contributed by atoms with Crippen LogP contribution in [-0.4, -0.2) is 34.5 Å². The molecule has 10 aromatic rings. The van der Waals surface area contributed by atoms with Crippen LogP contribution >= 0.6 is 0 Å². The molecule has 0 N–H and O–H groups in total. The smallest absolute Gasteiger partial charge is 0.164 e. The Morgan fingerprint density at radius 2 is 0.684 bits per heavy atom. The molecule has 0 spiro atoms. The SMILES string of the molecule is CCn1c2ccccc2c2cccc(-c3cc(-c4nc(-c5ccccc5)nc(-c5ccccc5)n4)cc(-c4nc(-c5ccccc5)nc(-c5ccccc5)n4)c3)c21. The fourth-order valence-electron chi connectivity index (χ4n) is 7.59. The van der Waals surface area contributed by atoms with Gasteiger partial charge in [0, 0.05) is 61.8 Å². The number of aryl methyl sites for hydroxylation is 1. The Labute approximate surface area is 330 Å². The van der Waals surface area contributed by atoms with Gasteiger partial charge in [-0.15, -0.1) is 0 Å². The minimum atomic E-state index is 0.551. The molecule has 7 aromatic carbocycles. The van der Waals surface area contributed by atoms with E-state index in [1.807, 2.05) is 121 Å². The second kappa shape index (κ2) is 14.5. The van der Waals surface area contributed by atoms with E-state index in [1.54, 1.807) is 0 Å². The molecule has 3 aromatic heterocycles. The first-order valence-corrected chi connectivity index (χ1v) is 19.1. The minimum absolute atomic E-state index is 0.551. The maximum atomic E-state index is 5.15. The minimum Gasteiger partial charge on any atom is -0.340 e. The lowest BCUT2D eigenvalue weighted by atomic mass is 9.96. The molecule has 7 nitrogen and oxygen atoms in total. The van der Waals surface area contributed by atoms with Gasteiger partial charge in [0.2, 0.25) is 0 Å². The molecular formula is C50H35N7. The van der Waals surface area contributed by atoms with Gasteiger partial charge in [0.15, 0.2) is 34.9 Å². The highest BCUT2D eigenvalue weighted by atomic mass is 15.0. The predicted octanol–water partition coefficient (Wildman–Crippen LogP) is 11.9. The lowest BCUT2D eigenvalue weighted by Gasteiger charge is -2.14. The molecule has 3 heterocycles. The van der Waals surface area contributed by atoms with Crippen molar-refractivity contribution in [2.24, 2.45) is 0 Å². The largest absolute Gasteiger partial charge is 0.340 e. The van der Waals surface area contributed by atoms with Gasteiger partial charge in [-0.3, -0.25) is 0 Å². The molecule has 0 fully saturated rings. The van der Waals surface area contributed by atoms with Gasteiger partial charge in [0.05, 0.1) is 5.52 Å². The normalized spacial score (nSPS) is 11.3. The van der Waals surface area contributed by atoms with E-state index in [4.69, 9.17) is 29.9 Å². The average Bonchev–Trinajstić information content (AvgIpc) is 3.63. The van der Waals surface area contributed by atoms with Crippen LogP contribution in [0.3, 0.4) is 0 Å². The summed E-state index contributed by atoms with van der Waals surface area (Å²) < 4.78 is 2.40. The molecule has 0 amide bonds. The van der Waals surface area contributed by atoms with Crippen molar-refractivity contribution in [2.45, 2.75) is 13.5 Å². The lowest BCUT2D eigenvalue weighted by Crippen LogP contribution is -2.02. The van der Waals surface area contributed by atoms with Gasteiger partial charge in [0.1, 0.15) is 0 Å². The van der Waals surface area contributed by atoms with Gasteiger partial charge in [-0.1, -0.05) is 158 Å². The highest BCUT2D eigenvalue weighted by molar-refractivity contribution is 6.13. The van der Waals surface area contributed by atoms with Crippen LogP contribution in [0.4, 0.5) is 0 Å². The van der Waals surface area contributed by atoms with E-state index in [-0.39, 0.29) is 0 Å². The average molecular weight is 734 g/mol. The molecule has 0 unspecified atom stereocenters. The van der Waals surface area contributed by atoms with Gasteiger partial charge < -0.3 is 4.57 Å². The number of aromatic nitrogens is 7. The maximum Gasteiger partial charge on any atom is 0.164 e. The summed E-state index contributed by atoms with van der Waals surface area (Å²) in [6.45, 7) is 3.02. The van der Waals surface area contributed by atoms with Gasteiger partial charge in [-0.2, -0.15) is 0 Å². The van der Waals surface area contributed by atoms with Crippen molar-refractivity contribution in [3.63, 3.8) is 0 Å². The van der Waals surface area contributed by atoms with E-state index in [1.165, 1.54) is 21.8 Å². The number of para-hydroxylation sites is 2. The summed E-state index contributed by atoms with van der Waals surface area (Å²) in [5, 5.41) is 2.43. The van der Waals surface area contributed by atoms with Crippen LogP contribution in [0.25, 0.3) is 101 Å². The first kappa shape index (κ1) is 33.9. The van der Waals surface area contributed by atoms with Crippen LogP contribution in [0.5, 0.6) is 0 Å². The predicted molar refractivity (Wildman–Crippen MR) is 230 cm³/mol. The molecule has 10 rings (SSSR count). The molecule has 57 heavy (non-hydrogen) atoms. The first-order chi connectivity index (χ1) is 28.2. The Morgan fingerprint density at radius 1 is 0.333 bits per heavy atom. The Kier molecular flexibility index (Phi) is 8.65. The van der Waals surface area contributed by atoms with Crippen molar-refractivity contribution in [1.29, 1.82) is 0 Å². The summed E-state index contributed by atoms with van der Waals surface area (Å²) in [7, 11) is 0. The summed E-state index contributed by atoms with van der Waals surface area (Å²) in [6, 6.07) is 61.9. The molecule has 0 bridgehead atoms. The monoisotopic (exact) mass is 733 g/mol. The van der Waals surface area contributed by atoms with E-state index in [9.17, 15) is 0 Å². The zero-order valence-electron chi connectivity index (χ0n) is 31.2. The van der Waals surface area contributed by atoms with E-state index in [0.717, 1.165) is 51.1 Å². The summed E-state index contributed by atoms with van der Waals surface area (Å²) >= 11 is 0. The third-order valence-corrected chi connectivity index (χ3v) is 10.3. The van der Waals surface area contributed by atoms with Crippen molar-refractivity contribution in [3.8, 4) is 79.5 Å². The Morgan fingerprint density at radius 3 is 1.11 bits per heavy atom. The van der Waals surface area contributed by atoms with Crippen molar-refractivity contribution < 1.29 is 0 Å². The highest BCUT2D eigenvalue weighted by Crippen LogP contribution is 2.39. The zero-order chi connectivity index (χ0) is 38.1. The number of nitrogens with zero attached hydrogens (tertiary/aromatic N) is 7. The summed E-state index contributed by atoms with van der Waals surface area (Å²) in [4.78, 5) is 30.6. The molecule has 0 saturated heterocycles. The van der Waals surface area contributed by atoms with Crippen LogP contribution in [0.15, 0.2) is 182 Å². The topological polar surface area (TPSA) is 82.3 Å². The van der Waals surface area contributed by atoms with Crippen LogP contribution in [0.1, 0.15) is 6.92 Å². The Balaban J connectivity index is 1.27. The van der Waals surface area contributed by atoms with E-state index in [2.05, 4.69) is 72.2 Å². The number of rotatable bonds is 8. The molecule has 0 radical (unpaired) electrons. The number of fused-ring (bicyclic) bond motifs is 3. The van der Waals surface area contributed by atoms with Crippen molar-refractivity contribution >= 4 is 21.8 Å².